The number of methoxy groups -OCH3 is 1. The van der Waals surface area contributed by atoms with Gasteiger partial charge in [-0.05, 0) is 25.1 Å². The highest BCUT2D eigenvalue weighted by atomic mass is 35.5. The number of rotatable bonds is 4. The van der Waals surface area contributed by atoms with Crippen LogP contribution < -0.4 is 5.32 Å². The number of nitrogens with zero attached hydrogens (tertiary/aromatic N) is 2. The molecule has 0 spiro atoms. The molecule has 0 aromatic carbocycles. The number of aryl methyl sites for hydroxylation is 1. The van der Waals surface area contributed by atoms with E-state index in [1.165, 1.54) is 7.11 Å². The molecule has 0 saturated heterocycles. The molecule has 0 atom stereocenters. The predicted molar refractivity (Wildman–Crippen MR) is 83.1 cm³/mol. The van der Waals surface area contributed by atoms with Crippen LogP contribution in [-0.4, -0.2) is 22.6 Å². The average Bonchev–Trinajstić information content (AvgIpc) is 2.71. The average molecular weight is 328 g/mol. The van der Waals surface area contributed by atoms with E-state index >= 15 is 0 Å². The summed E-state index contributed by atoms with van der Waals surface area (Å²) in [5.41, 5.74) is 1.99. The van der Waals surface area contributed by atoms with Crippen LogP contribution in [0.3, 0.4) is 0 Å². The molecule has 112 valence electrons. The van der Waals surface area contributed by atoms with E-state index in [2.05, 4.69) is 15.0 Å². The third kappa shape index (κ3) is 3.31. The van der Waals surface area contributed by atoms with Crippen LogP contribution >= 0.6 is 23.2 Å². The van der Waals surface area contributed by atoms with Gasteiger partial charge in [0.1, 0.15) is 11.0 Å². The minimum absolute atomic E-state index is 0.396. The van der Waals surface area contributed by atoms with Crippen molar-refractivity contribution >= 4 is 35.0 Å². The van der Waals surface area contributed by atoms with E-state index in [1.807, 2.05) is 7.05 Å². The lowest BCUT2D eigenvalue weighted by molar-refractivity contribution is 0.0599. The second-order valence-corrected chi connectivity index (χ2v) is 5.27. The van der Waals surface area contributed by atoms with Gasteiger partial charge in [-0.15, -0.1) is 0 Å². The first kappa shape index (κ1) is 15.7. The van der Waals surface area contributed by atoms with E-state index in [1.54, 1.807) is 29.7 Å². The van der Waals surface area contributed by atoms with Crippen molar-refractivity contribution < 1.29 is 9.53 Å². The van der Waals surface area contributed by atoms with Crippen LogP contribution in [0.5, 0.6) is 0 Å². The molecule has 0 saturated carbocycles. The Bertz CT molecular complexity index is 683. The van der Waals surface area contributed by atoms with E-state index in [-0.39, 0.29) is 0 Å². The maximum atomic E-state index is 11.5. The number of carbonyl (C=O) groups is 1. The summed E-state index contributed by atoms with van der Waals surface area (Å²) in [6.07, 6.45) is 0. The molecule has 0 amide bonds. The molecule has 1 N–H and O–H groups in total. The largest absolute Gasteiger partial charge is 0.465 e. The van der Waals surface area contributed by atoms with Crippen LogP contribution in [-0.2, 0) is 18.3 Å². The minimum Gasteiger partial charge on any atom is -0.465 e. The Kier molecular flexibility index (Phi) is 4.75. The Balaban J connectivity index is 2.12. The predicted octanol–water partition coefficient (Wildman–Crippen LogP) is 3.43. The molecule has 0 radical (unpaired) electrons. The highest BCUT2D eigenvalue weighted by molar-refractivity contribution is 6.41. The van der Waals surface area contributed by atoms with Crippen molar-refractivity contribution in [1.29, 1.82) is 0 Å². The summed E-state index contributed by atoms with van der Waals surface area (Å²) < 4.78 is 6.48. The molecule has 0 aliphatic carbocycles. The van der Waals surface area contributed by atoms with Gasteiger partial charge >= 0.3 is 5.97 Å². The van der Waals surface area contributed by atoms with Crippen molar-refractivity contribution in [3.05, 3.63) is 45.3 Å². The number of carbonyl (C=O) groups excluding carboxylic acids is 1. The zero-order valence-corrected chi connectivity index (χ0v) is 13.4. The van der Waals surface area contributed by atoms with Crippen molar-refractivity contribution in [2.75, 3.05) is 12.4 Å². The van der Waals surface area contributed by atoms with Crippen LogP contribution in [0.25, 0.3) is 0 Å². The summed E-state index contributed by atoms with van der Waals surface area (Å²) in [5.74, 6) is 0.265. The third-order valence-electron chi connectivity index (χ3n) is 3.16. The van der Waals surface area contributed by atoms with E-state index in [9.17, 15) is 4.79 Å². The topological polar surface area (TPSA) is 56.1 Å². The van der Waals surface area contributed by atoms with Crippen LogP contribution in [0.1, 0.15) is 21.7 Å². The zero-order valence-electron chi connectivity index (χ0n) is 11.9. The number of aromatic nitrogens is 2. The van der Waals surface area contributed by atoms with Gasteiger partial charge in [-0.25, -0.2) is 9.78 Å². The molecule has 2 heterocycles. The number of nitrogens with one attached hydrogen (secondary N) is 1. The SMILES string of the molecule is COC(=O)c1ccc(NCc2cc(Cl)c(Cl)n2C)nc1C. The van der Waals surface area contributed by atoms with Gasteiger partial charge in [-0.2, -0.15) is 0 Å². The second-order valence-electron chi connectivity index (χ2n) is 4.51. The number of pyridine rings is 1. The summed E-state index contributed by atoms with van der Waals surface area (Å²) in [6.45, 7) is 2.28. The molecule has 0 aliphatic rings. The zero-order chi connectivity index (χ0) is 15.6. The summed E-state index contributed by atoms with van der Waals surface area (Å²) in [6, 6.07) is 5.21. The van der Waals surface area contributed by atoms with Crippen molar-refractivity contribution in [1.82, 2.24) is 9.55 Å². The Hall–Kier alpha value is -1.72. The van der Waals surface area contributed by atoms with Crippen molar-refractivity contribution in [2.24, 2.45) is 7.05 Å². The Labute approximate surface area is 132 Å². The van der Waals surface area contributed by atoms with Gasteiger partial charge < -0.3 is 14.6 Å². The highest BCUT2D eigenvalue weighted by Crippen LogP contribution is 2.25. The molecule has 0 fully saturated rings. The van der Waals surface area contributed by atoms with Crippen LogP contribution in [0, 0.1) is 6.92 Å². The molecular formula is C14H15Cl2N3O2. The number of halogens is 2. The summed E-state index contributed by atoms with van der Waals surface area (Å²) in [4.78, 5) is 15.8. The molecule has 2 rings (SSSR count). The van der Waals surface area contributed by atoms with Gasteiger partial charge in [-0.1, -0.05) is 23.2 Å². The van der Waals surface area contributed by atoms with Gasteiger partial charge in [0.05, 0.1) is 29.9 Å². The standard InChI is InChI=1S/C14H15Cl2N3O2/c1-8-10(14(20)21-3)4-5-12(18-8)17-7-9-6-11(15)13(16)19(9)2/h4-6H,7H2,1-3H3,(H,17,18). The quantitative estimate of drug-likeness (QED) is 0.874. The van der Waals surface area contributed by atoms with E-state index in [0.29, 0.717) is 33.8 Å². The molecule has 7 heteroatoms. The Morgan fingerprint density at radius 1 is 1.43 bits per heavy atom. The molecular weight excluding hydrogens is 313 g/mol. The molecule has 21 heavy (non-hydrogen) atoms. The summed E-state index contributed by atoms with van der Waals surface area (Å²) in [7, 11) is 3.18. The molecule has 0 bridgehead atoms. The van der Waals surface area contributed by atoms with Crippen molar-refractivity contribution in [3.63, 3.8) is 0 Å². The number of esters is 1. The lowest BCUT2D eigenvalue weighted by Gasteiger charge is -2.09. The van der Waals surface area contributed by atoms with E-state index in [4.69, 9.17) is 23.2 Å². The van der Waals surface area contributed by atoms with Crippen molar-refractivity contribution in [3.8, 4) is 0 Å². The Morgan fingerprint density at radius 2 is 2.14 bits per heavy atom. The summed E-state index contributed by atoms with van der Waals surface area (Å²) in [5, 5.41) is 4.18. The highest BCUT2D eigenvalue weighted by Gasteiger charge is 2.12. The van der Waals surface area contributed by atoms with Crippen LogP contribution in [0.2, 0.25) is 10.2 Å². The fraction of sp³-hybridized carbons (Fsp3) is 0.286. The fourth-order valence-corrected chi connectivity index (χ4v) is 2.34. The van der Waals surface area contributed by atoms with Crippen LogP contribution in [0.15, 0.2) is 18.2 Å². The lowest BCUT2D eigenvalue weighted by Crippen LogP contribution is -2.09. The Morgan fingerprint density at radius 3 is 2.67 bits per heavy atom. The van der Waals surface area contributed by atoms with Gasteiger partial charge in [0, 0.05) is 12.7 Å². The minimum atomic E-state index is -0.396. The molecule has 0 unspecified atom stereocenters. The fourth-order valence-electron chi connectivity index (χ4n) is 1.92. The first-order valence-corrected chi connectivity index (χ1v) is 6.99. The smallest absolute Gasteiger partial charge is 0.339 e. The molecule has 0 aliphatic heterocycles. The van der Waals surface area contributed by atoms with Crippen molar-refractivity contribution in [2.45, 2.75) is 13.5 Å². The maximum Gasteiger partial charge on any atom is 0.339 e. The van der Waals surface area contributed by atoms with E-state index < -0.39 is 5.97 Å². The van der Waals surface area contributed by atoms with Gasteiger partial charge in [0.25, 0.3) is 0 Å². The first-order chi connectivity index (χ1) is 9.93. The van der Waals surface area contributed by atoms with Gasteiger partial charge in [0.2, 0.25) is 0 Å². The van der Waals surface area contributed by atoms with Gasteiger partial charge in [-0.3, -0.25) is 0 Å². The number of hydrogen-bond donors (Lipinski definition) is 1. The number of hydrogen-bond acceptors (Lipinski definition) is 4. The monoisotopic (exact) mass is 327 g/mol. The number of ether oxygens (including phenoxy) is 1. The van der Waals surface area contributed by atoms with Crippen LogP contribution in [0.4, 0.5) is 5.82 Å². The normalized spacial score (nSPS) is 10.5. The second kappa shape index (κ2) is 6.37. The molecule has 2 aromatic heterocycles. The summed E-state index contributed by atoms with van der Waals surface area (Å²) >= 11 is 12.0. The van der Waals surface area contributed by atoms with Gasteiger partial charge in [0.15, 0.2) is 0 Å². The van der Waals surface area contributed by atoms with E-state index in [0.717, 1.165) is 5.69 Å². The lowest BCUT2D eigenvalue weighted by atomic mass is 10.2. The first-order valence-electron chi connectivity index (χ1n) is 6.23. The third-order valence-corrected chi connectivity index (χ3v) is 4.00. The number of anilines is 1. The maximum absolute atomic E-state index is 11.5. The molecule has 2 aromatic rings. The molecule has 5 nitrogen and oxygen atoms in total.